The molecule has 0 aliphatic carbocycles. The van der Waals surface area contributed by atoms with E-state index in [-0.39, 0.29) is 11.6 Å². The van der Waals surface area contributed by atoms with Crippen molar-refractivity contribution in [2.45, 2.75) is 0 Å². The molecular formula is C20H17N5O3. The molecule has 4 rings (SSSR count). The summed E-state index contributed by atoms with van der Waals surface area (Å²) in [7, 11) is 1.47. The lowest BCUT2D eigenvalue weighted by molar-refractivity contribution is -0.664. The number of carbonyl (C=O) groups excluding carboxylic acids is 1. The lowest BCUT2D eigenvalue weighted by Gasteiger charge is -2.14. The Balaban J connectivity index is 1.79. The highest BCUT2D eigenvalue weighted by Crippen LogP contribution is 2.32. The average molecular weight is 375 g/mol. The molecular weight excluding hydrogens is 358 g/mol. The van der Waals surface area contributed by atoms with Gasteiger partial charge in [0.2, 0.25) is 11.0 Å². The van der Waals surface area contributed by atoms with Crippen LogP contribution in [0.25, 0.3) is 16.7 Å². The first-order valence-corrected chi connectivity index (χ1v) is 8.50. The number of nitrogens with one attached hydrogen (secondary N) is 1. The van der Waals surface area contributed by atoms with E-state index in [1.165, 1.54) is 7.11 Å². The fraction of sp³-hybridized carbons (Fsp3) is 0.0500. The lowest BCUT2D eigenvalue weighted by atomic mass is 10.2. The Kier molecular flexibility index (Phi) is 4.29. The molecule has 0 spiro atoms. The van der Waals surface area contributed by atoms with Crippen LogP contribution in [0.5, 0.6) is 5.75 Å². The Hall–Kier alpha value is -4.07. The van der Waals surface area contributed by atoms with Gasteiger partial charge in [0.1, 0.15) is 5.75 Å². The molecule has 0 bridgehead atoms. The van der Waals surface area contributed by atoms with Crippen molar-refractivity contribution in [1.82, 2.24) is 9.90 Å². The van der Waals surface area contributed by atoms with Crippen LogP contribution in [0.1, 0.15) is 10.4 Å². The maximum absolute atomic E-state index is 12.6. The van der Waals surface area contributed by atoms with Crippen molar-refractivity contribution < 1.29 is 14.4 Å². The van der Waals surface area contributed by atoms with Gasteiger partial charge in [-0.2, -0.15) is 0 Å². The van der Waals surface area contributed by atoms with Crippen LogP contribution < -0.4 is 20.6 Å². The smallest absolute Gasteiger partial charge is 0.255 e. The van der Waals surface area contributed by atoms with Crippen LogP contribution in [-0.2, 0) is 0 Å². The summed E-state index contributed by atoms with van der Waals surface area (Å²) >= 11 is 0. The molecule has 0 saturated heterocycles. The largest absolute Gasteiger partial charge is 0.692 e. The normalized spacial score (nSPS) is 10.8. The number of aromatic nitrogens is 3. The summed E-state index contributed by atoms with van der Waals surface area (Å²) in [5.41, 5.74) is 8.55. The van der Waals surface area contributed by atoms with Crippen molar-refractivity contribution in [3.8, 4) is 11.4 Å². The number of methoxy groups -OCH3 is 1. The Labute approximate surface area is 160 Å². The molecule has 0 aliphatic rings. The number of carbonyl (C=O) groups is 1. The minimum Gasteiger partial charge on any atom is -0.692 e. The number of ether oxygens (including phenoxy) is 1. The number of nitrogens with two attached hydrogens (primary N) is 1. The maximum atomic E-state index is 12.6. The SMILES string of the molecule is COc1cc(N)c(-n2nc3ccccc3[n+]2[O-])cc1NC(=O)c1ccccc1. The summed E-state index contributed by atoms with van der Waals surface area (Å²) in [6.45, 7) is 0. The minimum atomic E-state index is -0.310. The molecule has 8 nitrogen and oxygen atoms in total. The molecule has 0 fully saturated rings. The number of amides is 1. The lowest BCUT2D eigenvalue weighted by Crippen LogP contribution is -2.37. The highest BCUT2D eigenvalue weighted by atomic mass is 16.5. The van der Waals surface area contributed by atoms with Crippen molar-refractivity contribution in [1.29, 1.82) is 0 Å². The van der Waals surface area contributed by atoms with Gasteiger partial charge in [-0.3, -0.25) is 4.79 Å². The zero-order valence-corrected chi connectivity index (χ0v) is 15.0. The number of hydrogen-bond donors (Lipinski definition) is 2. The molecule has 4 aromatic rings. The quantitative estimate of drug-likeness (QED) is 0.324. The molecule has 0 unspecified atom stereocenters. The van der Waals surface area contributed by atoms with Crippen molar-refractivity contribution in [2.75, 3.05) is 18.2 Å². The van der Waals surface area contributed by atoms with E-state index in [4.69, 9.17) is 10.5 Å². The first kappa shape index (κ1) is 17.3. The molecule has 140 valence electrons. The minimum absolute atomic E-state index is 0.284. The molecule has 0 atom stereocenters. The monoisotopic (exact) mass is 375 g/mol. The number of benzene rings is 3. The summed E-state index contributed by atoms with van der Waals surface area (Å²) in [6.07, 6.45) is 0. The molecule has 1 heterocycles. The van der Waals surface area contributed by atoms with E-state index in [9.17, 15) is 10.0 Å². The molecule has 1 aromatic heterocycles. The van der Waals surface area contributed by atoms with Gasteiger partial charge >= 0.3 is 0 Å². The number of hydrogen-bond acceptors (Lipinski definition) is 5. The fourth-order valence-corrected chi connectivity index (χ4v) is 2.91. The van der Waals surface area contributed by atoms with Gasteiger partial charge in [-0.15, -0.1) is 4.85 Å². The van der Waals surface area contributed by atoms with Gasteiger partial charge in [-0.05, 0) is 35.1 Å². The van der Waals surface area contributed by atoms with Crippen LogP contribution >= 0.6 is 0 Å². The summed E-state index contributed by atoms with van der Waals surface area (Å²) in [4.78, 5) is 14.3. The third-order valence-electron chi connectivity index (χ3n) is 4.31. The Morgan fingerprint density at radius 2 is 1.86 bits per heavy atom. The van der Waals surface area contributed by atoms with Gasteiger partial charge in [0.15, 0.2) is 5.69 Å². The Morgan fingerprint density at radius 1 is 1.14 bits per heavy atom. The molecule has 1 amide bonds. The molecule has 0 radical (unpaired) electrons. The second kappa shape index (κ2) is 6.92. The molecule has 28 heavy (non-hydrogen) atoms. The molecule has 3 N–H and O–H groups in total. The predicted octanol–water partition coefficient (Wildman–Crippen LogP) is 2.50. The number of rotatable bonds is 4. The summed E-state index contributed by atoms with van der Waals surface area (Å²) in [5, 5.41) is 19.7. The predicted molar refractivity (Wildman–Crippen MR) is 105 cm³/mol. The first-order chi connectivity index (χ1) is 13.6. The summed E-state index contributed by atoms with van der Waals surface area (Å²) in [5.74, 6) is 0.0648. The number of anilines is 2. The maximum Gasteiger partial charge on any atom is 0.255 e. The fourth-order valence-electron chi connectivity index (χ4n) is 2.91. The zero-order chi connectivity index (χ0) is 19.7. The number of para-hydroxylation sites is 1. The summed E-state index contributed by atoms with van der Waals surface area (Å²) in [6, 6.07) is 18.8. The second-order valence-electron chi connectivity index (χ2n) is 6.08. The Morgan fingerprint density at radius 3 is 2.57 bits per heavy atom. The van der Waals surface area contributed by atoms with E-state index in [2.05, 4.69) is 10.4 Å². The van der Waals surface area contributed by atoms with E-state index in [1.807, 2.05) is 6.07 Å². The van der Waals surface area contributed by atoms with E-state index >= 15 is 0 Å². The van der Waals surface area contributed by atoms with Crippen molar-refractivity contribution in [2.24, 2.45) is 0 Å². The van der Waals surface area contributed by atoms with Crippen LogP contribution in [0.15, 0.2) is 66.7 Å². The third kappa shape index (κ3) is 2.96. The van der Waals surface area contributed by atoms with E-state index in [1.54, 1.807) is 60.7 Å². The number of nitrogens with zero attached hydrogens (tertiary/aromatic N) is 3. The Bertz CT molecular complexity index is 1170. The molecule has 3 aromatic carbocycles. The number of fused-ring (bicyclic) bond motifs is 1. The molecule has 0 saturated carbocycles. The topological polar surface area (TPSA) is 109 Å². The van der Waals surface area contributed by atoms with Crippen molar-refractivity contribution in [3.63, 3.8) is 0 Å². The average Bonchev–Trinajstić information content (AvgIpc) is 3.06. The zero-order valence-electron chi connectivity index (χ0n) is 15.0. The van der Waals surface area contributed by atoms with E-state index < -0.39 is 0 Å². The highest BCUT2D eigenvalue weighted by molar-refractivity contribution is 6.05. The van der Waals surface area contributed by atoms with Crippen LogP contribution in [0.3, 0.4) is 0 Å². The van der Waals surface area contributed by atoms with Gasteiger partial charge < -0.3 is 21.0 Å². The van der Waals surface area contributed by atoms with Crippen LogP contribution in [0.4, 0.5) is 11.4 Å². The first-order valence-electron chi connectivity index (χ1n) is 8.50. The van der Waals surface area contributed by atoms with Crippen molar-refractivity contribution >= 4 is 28.3 Å². The standard InChI is InChI=1S/C20H17N5O3/c1-28-19-11-14(21)18(24-23-15-9-5-6-10-17(15)25(24)27)12-16(19)22-20(26)13-7-3-2-4-8-13/h2-12H,21H2,1H3,(H,22,26). The van der Waals surface area contributed by atoms with Gasteiger partial charge in [0.25, 0.3) is 5.91 Å². The summed E-state index contributed by atoms with van der Waals surface area (Å²) < 4.78 is 5.33. The van der Waals surface area contributed by atoms with Crippen molar-refractivity contribution in [3.05, 3.63) is 77.5 Å². The van der Waals surface area contributed by atoms with Crippen LogP contribution in [-0.4, -0.2) is 22.9 Å². The van der Waals surface area contributed by atoms with Crippen LogP contribution in [0.2, 0.25) is 0 Å². The van der Waals surface area contributed by atoms with E-state index in [0.717, 1.165) is 4.80 Å². The van der Waals surface area contributed by atoms with Gasteiger partial charge in [-0.25, -0.2) is 0 Å². The molecule has 8 heteroatoms. The van der Waals surface area contributed by atoms with Gasteiger partial charge in [0.05, 0.1) is 23.6 Å². The van der Waals surface area contributed by atoms with Gasteiger partial charge in [0, 0.05) is 11.6 Å². The highest BCUT2D eigenvalue weighted by Gasteiger charge is 2.20. The van der Waals surface area contributed by atoms with Crippen LogP contribution in [0, 0.1) is 5.21 Å². The van der Waals surface area contributed by atoms with Gasteiger partial charge in [-0.1, -0.05) is 30.3 Å². The number of nitrogen functional groups attached to an aromatic ring is 1. The second-order valence-corrected chi connectivity index (χ2v) is 6.08. The third-order valence-corrected chi connectivity index (χ3v) is 4.31. The molecule has 0 aliphatic heterocycles. The van der Waals surface area contributed by atoms with E-state index in [0.29, 0.717) is 38.6 Å².